The van der Waals surface area contributed by atoms with Gasteiger partial charge in [-0.3, -0.25) is 4.79 Å². The molecule has 23 heavy (non-hydrogen) atoms. The number of amides is 1. The summed E-state index contributed by atoms with van der Waals surface area (Å²) < 4.78 is 11.0. The zero-order valence-electron chi connectivity index (χ0n) is 13.1. The summed E-state index contributed by atoms with van der Waals surface area (Å²) in [7, 11) is 0. The third-order valence-corrected chi connectivity index (χ3v) is 3.56. The largest absolute Gasteiger partial charge is 0.484 e. The topological polar surface area (TPSA) is 78.4 Å². The molecule has 0 radical (unpaired) electrons. The van der Waals surface area contributed by atoms with E-state index in [0.29, 0.717) is 17.6 Å². The molecular weight excluding hydrogens is 292 g/mol. The Bertz CT molecular complexity index is 835. The molecule has 1 heterocycles. The summed E-state index contributed by atoms with van der Waals surface area (Å²) in [5, 5.41) is 0. The van der Waals surface area contributed by atoms with Crippen molar-refractivity contribution in [3.63, 3.8) is 0 Å². The van der Waals surface area contributed by atoms with Crippen LogP contribution in [0.5, 0.6) is 5.75 Å². The molecule has 5 heteroatoms. The maximum atomic E-state index is 10.7. The number of nitrogens with two attached hydrogens (primary N) is 1. The maximum Gasteiger partial charge on any atom is 0.255 e. The number of carbonyl (C=O) groups excluding carboxylic acids is 1. The summed E-state index contributed by atoms with van der Waals surface area (Å²) in [5.41, 5.74) is 8.73. The maximum absolute atomic E-state index is 10.7. The van der Waals surface area contributed by atoms with Crippen molar-refractivity contribution in [1.82, 2.24) is 4.98 Å². The molecule has 0 unspecified atom stereocenters. The van der Waals surface area contributed by atoms with Gasteiger partial charge < -0.3 is 14.9 Å². The number of carbonyl (C=O) groups is 1. The van der Waals surface area contributed by atoms with Crippen LogP contribution < -0.4 is 10.5 Å². The van der Waals surface area contributed by atoms with E-state index in [-0.39, 0.29) is 6.61 Å². The highest BCUT2D eigenvalue weighted by Gasteiger charge is 2.10. The van der Waals surface area contributed by atoms with Gasteiger partial charge in [-0.1, -0.05) is 19.9 Å². The summed E-state index contributed by atoms with van der Waals surface area (Å²) in [4.78, 5) is 15.3. The highest BCUT2D eigenvalue weighted by Crippen LogP contribution is 2.27. The number of benzene rings is 2. The Morgan fingerprint density at radius 1 is 1.22 bits per heavy atom. The molecule has 0 aliphatic rings. The van der Waals surface area contributed by atoms with E-state index in [9.17, 15) is 4.79 Å². The van der Waals surface area contributed by atoms with Gasteiger partial charge in [0.05, 0.1) is 0 Å². The second kappa shape index (κ2) is 6.12. The minimum atomic E-state index is -0.506. The Morgan fingerprint density at radius 2 is 1.96 bits per heavy atom. The molecule has 118 valence electrons. The van der Waals surface area contributed by atoms with E-state index in [2.05, 4.69) is 31.0 Å². The predicted molar refractivity (Wildman–Crippen MR) is 88.2 cm³/mol. The van der Waals surface area contributed by atoms with E-state index in [1.165, 1.54) is 5.56 Å². The molecule has 0 spiro atoms. The van der Waals surface area contributed by atoms with Gasteiger partial charge in [0.25, 0.3) is 5.91 Å². The summed E-state index contributed by atoms with van der Waals surface area (Å²) in [6.07, 6.45) is 0. The van der Waals surface area contributed by atoms with E-state index in [1.807, 2.05) is 18.2 Å². The number of hydrogen-bond acceptors (Lipinski definition) is 4. The third-order valence-electron chi connectivity index (χ3n) is 3.56. The molecule has 0 bridgehead atoms. The molecule has 3 rings (SSSR count). The van der Waals surface area contributed by atoms with Gasteiger partial charge in [-0.05, 0) is 47.9 Å². The first kappa shape index (κ1) is 15.1. The minimum absolute atomic E-state index is 0.139. The lowest BCUT2D eigenvalue weighted by atomic mass is 10.0. The van der Waals surface area contributed by atoms with Gasteiger partial charge in [0, 0.05) is 5.56 Å². The lowest BCUT2D eigenvalue weighted by Gasteiger charge is -2.03. The Balaban J connectivity index is 1.86. The van der Waals surface area contributed by atoms with Crippen LogP contribution in [0.2, 0.25) is 0 Å². The molecule has 2 aromatic carbocycles. The second-order valence-corrected chi connectivity index (χ2v) is 5.68. The van der Waals surface area contributed by atoms with Crippen LogP contribution in [0.3, 0.4) is 0 Å². The van der Waals surface area contributed by atoms with Crippen molar-refractivity contribution in [3.8, 4) is 17.2 Å². The van der Waals surface area contributed by atoms with Gasteiger partial charge in [0.2, 0.25) is 5.89 Å². The fraction of sp³-hybridized carbons (Fsp3) is 0.222. The van der Waals surface area contributed by atoms with E-state index >= 15 is 0 Å². The Kier molecular flexibility index (Phi) is 4.02. The first-order valence-electron chi connectivity index (χ1n) is 7.45. The molecule has 5 nitrogen and oxygen atoms in total. The Labute approximate surface area is 134 Å². The number of ether oxygens (including phenoxy) is 1. The van der Waals surface area contributed by atoms with Crippen molar-refractivity contribution < 1.29 is 13.9 Å². The normalized spacial score (nSPS) is 11.1. The number of rotatable bonds is 5. The van der Waals surface area contributed by atoms with Crippen LogP contribution >= 0.6 is 0 Å². The van der Waals surface area contributed by atoms with Gasteiger partial charge in [-0.2, -0.15) is 0 Å². The SMILES string of the molecule is CC(C)c1ccc2oc(-c3ccc(OCC(N)=O)cc3)nc2c1. The number of aromatic nitrogens is 1. The molecule has 0 atom stereocenters. The van der Waals surface area contributed by atoms with Crippen LogP contribution in [-0.4, -0.2) is 17.5 Å². The van der Waals surface area contributed by atoms with E-state index in [4.69, 9.17) is 14.9 Å². The van der Waals surface area contributed by atoms with Crippen LogP contribution in [-0.2, 0) is 4.79 Å². The molecule has 1 amide bonds. The quantitative estimate of drug-likeness (QED) is 0.782. The molecule has 0 aliphatic carbocycles. The van der Waals surface area contributed by atoms with Gasteiger partial charge >= 0.3 is 0 Å². The Hall–Kier alpha value is -2.82. The zero-order valence-corrected chi connectivity index (χ0v) is 13.1. The van der Waals surface area contributed by atoms with Crippen molar-refractivity contribution in [3.05, 3.63) is 48.0 Å². The predicted octanol–water partition coefficient (Wildman–Crippen LogP) is 3.48. The monoisotopic (exact) mass is 310 g/mol. The van der Waals surface area contributed by atoms with Gasteiger partial charge in [-0.15, -0.1) is 0 Å². The lowest BCUT2D eigenvalue weighted by molar-refractivity contribution is -0.119. The molecule has 0 fully saturated rings. The van der Waals surface area contributed by atoms with Crippen molar-refractivity contribution in [2.24, 2.45) is 5.73 Å². The molecule has 0 saturated heterocycles. The van der Waals surface area contributed by atoms with Gasteiger partial charge in [0.1, 0.15) is 11.3 Å². The summed E-state index contributed by atoms with van der Waals surface area (Å²) >= 11 is 0. The van der Waals surface area contributed by atoms with Crippen molar-refractivity contribution in [2.45, 2.75) is 19.8 Å². The van der Waals surface area contributed by atoms with E-state index in [0.717, 1.165) is 16.7 Å². The summed E-state index contributed by atoms with van der Waals surface area (Å²) in [6, 6.07) is 13.2. The zero-order chi connectivity index (χ0) is 16.4. The first-order chi connectivity index (χ1) is 11.0. The van der Waals surface area contributed by atoms with Crippen molar-refractivity contribution in [1.29, 1.82) is 0 Å². The highest BCUT2D eigenvalue weighted by molar-refractivity contribution is 5.77. The molecule has 3 aromatic rings. The van der Waals surface area contributed by atoms with Crippen LogP contribution in [0, 0.1) is 0 Å². The molecular formula is C18H18N2O3. The first-order valence-corrected chi connectivity index (χ1v) is 7.45. The average molecular weight is 310 g/mol. The standard InChI is InChI=1S/C18H18N2O3/c1-11(2)13-5-8-16-15(9-13)20-18(23-16)12-3-6-14(7-4-12)22-10-17(19)21/h3-9,11H,10H2,1-2H3,(H2,19,21). The van der Waals surface area contributed by atoms with Crippen molar-refractivity contribution in [2.75, 3.05) is 6.61 Å². The molecule has 2 N–H and O–H groups in total. The number of hydrogen-bond donors (Lipinski definition) is 1. The number of nitrogens with zero attached hydrogens (tertiary/aromatic N) is 1. The number of oxazole rings is 1. The smallest absolute Gasteiger partial charge is 0.255 e. The van der Waals surface area contributed by atoms with Crippen LogP contribution in [0.25, 0.3) is 22.6 Å². The van der Waals surface area contributed by atoms with Crippen LogP contribution in [0.1, 0.15) is 25.3 Å². The summed E-state index contributed by atoms with van der Waals surface area (Å²) in [6.45, 7) is 4.15. The third kappa shape index (κ3) is 3.34. The second-order valence-electron chi connectivity index (χ2n) is 5.68. The van der Waals surface area contributed by atoms with Crippen molar-refractivity contribution >= 4 is 17.0 Å². The lowest BCUT2D eigenvalue weighted by Crippen LogP contribution is -2.19. The van der Waals surface area contributed by atoms with Gasteiger partial charge in [-0.25, -0.2) is 4.98 Å². The number of fused-ring (bicyclic) bond motifs is 1. The fourth-order valence-electron chi connectivity index (χ4n) is 2.28. The molecule has 0 saturated carbocycles. The summed E-state index contributed by atoms with van der Waals surface area (Å²) in [5.74, 6) is 1.07. The highest BCUT2D eigenvalue weighted by atomic mass is 16.5. The average Bonchev–Trinajstić information content (AvgIpc) is 2.96. The molecule has 1 aromatic heterocycles. The van der Waals surface area contributed by atoms with E-state index in [1.54, 1.807) is 12.1 Å². The fourth-order valence-corrected chi connectivity index (χ4v) is 2.28. The Morgan fingerprint density at radius 3 is 2.61 bits per heavy atom. The van der Waals surface area contributed by atoms with Crippen LogP contribution in [0.4, 0.5) is 0 Å². The number of primary amides is 1. The van der Waals surface area contributed by atoms with Crippen LogP contribution in [0.15, 0.2) is 46.9 Å². The van der Waals surface area contributed by atoms with Gasteiger partial charge in [0.15, 0.2) is 12.2 Å². The molecule has 0 aliphatic heterocycles. The minimum Gasteiger partial charge on any atom is -0.484 e. The van der Waals surface area contributed by atoms with E-state index < -0.39 is 5.91 Å².